The van der Waals surface area contributed by atoms with Crippen LogP contribution in [0.15, 0.2) is 52.5 Å². The summed E-state index contributed by atoms with van der Waals surface area (Å²) >= 11 is 1.21. The van der Waals surface area contributed by atoms with E-state index in [-0.39, 0.29) is 17.1 Å². The minimum absolute atomic E-state index is 0.0128. The fourth-order valence-corrected chi connectivity index (χ4v) is 3.69. The third kappa shape index (κ3) is 3.31. The van der Waals surface area contributed by atoms with Gasteiger partial charge >= 0.3 is 0 Å². The zero-order valence-corrected chi connectivity index (χ0v) is 15.6. The number of aromatic nitrogens is 5. The van der Waals surface area contributed by atoms with Gasteiger partial charge in [0.25, 0.3) is 5.56 Å². The number of nitrogens with one attached hydrogen (secondary N) is 2. The number of fused-ring (bicyclic) bond motifs is 1. The molecule has 0 bridgehead atoms. The van der Waals surface area contributed by atoms with Crippen molar-refractivity contribution in [2.24, 2.45) is 0 Å². The summed E-state index contributed by atoms with van der Waals surface area (Å²) in [5.41, 5.74) is 3.46. The molecule has 27 heavy (non-hydrogen) atoms. The molecule has 3 heterocycles. The minimum atomic E-state index is -0.272. The molecular formula is C19H17N5O2S. The number of hydrogen-bond acceptors (Lipinski definition) is 5. The number of H-pyrrole nitrogens is 2. The highest BCUT2D eigenvalue weighted by molar-refractivity contribution is 7.99. The number of nitrogens with zero attached hydrogens (tertiary/aromatic N) is 3. The maximum Gasteiger partial charge on any atom is 0.262 e. The van der Waals surface area contributed by atoms with Crippen LogP contribution in [0.25, 0.3) is 16.7 Å². The summed E-state index contributed by atoms with van der Waals surface area (Å²) in [5.74, 6) is 0.174. The highest BCUT2D eigenvalue weighted by Crippen LogP contribution is 2.20. The largest absolute Gasteiger partial charge is 0.362 e. The van der Waals surface area contributed by atoms with Crippen LogP contribution < -0.4 is 5.56 Å². The van der Waals surface area contributed by atoms with Crippen LogP contribution in [0.3, 0.4) is 0 Å². The molecule has 0 aliphatic heterocycles. The SMILES string of the molecule is Cc1cc(C(=O)CSc2nc3c(cnn3-c3ccccc3)c(=O)[nH]2)c(C)[nH]1. The molecule has 0 spiro atoms. The second-order valence-electron chi connectivity index (χ2n) is 6.20. The van der Waals surface area contributed by atoms with E-state index in [1.54, 1.807) is 4.68 Å². The molecule has 0 saturated heterocycles. The topological polar surface area (TPSA) is 96.4 Å². The average Bonchev–Trinajstić information content (AvgIpc) is 3.23. The fourth-order valence-electron chi connectivity index (χ4n) is 2.95. The second kappa shape index (κ2) is 6.88. The maximum atomic E-state index is 12.5. The molecule has 4 rings (SSSR count). The average molecular weight is 379 g/mol. The van der Waals surface area contributed by atoms with Gasteiger partial charge in [0.2, 0.25) is 0 Å². The van der Waals surface area contributed by atoms with Crippen molar-refractivity contribution in [3.63, 3.8) is 0 Å². The molecule has 0 aliphatic carbocycles. The highest BCUT2D eigenvalue weighted by Gasteiger charge is 2.15. The van der Waals surface area contributed by atoms with Crippen molar-refractivity contribution in [3.8, 4) is 5.69 Å². The molecule has 0 unspecified atom stereocenters. The first-order chi connectivity index (χ1) is 13.0. The predicted molar refractivity (Wildman–Crippen MR) is 105 cm³/mol. The Morgan fingerprint density at radius 1 is 1.19 bits per heavy atom. The van der Waals surface area contributed by atoms with Crippen molar-refractivity contribution in [2.45, 2.75) is 19.0 Å². The Bertz CT molecular complexity index is 1190. The Labute approximate surface area is 158 Å². The molecule has 4 aromatic rings. The van der Waals surface area contributed by atoms with E-state index in [1.807, 2.05) is 50.2 Å². The fraction of sp³-hybridized carbons (Fsp3) is 0.158. The summed E-state index contributed by atoms with van der Waals surface area (Å²) in [6, 6.07) is 11.3. The lowest BCUT2D eigenvalue weighted by Crippen LogP contribution is -2.11. The first-order valence-electron chi connectivity index (χ1n) is 8.38. The van der Waals surface area contributed by atoms with Crippen molar-refractivity contribution < 1.29 is 4.79 Å². The van der Waals surface area contributed by atoms with Gasteiger partial charge in [-0.1, -0.05) is 30.0 Å². The highest BCUT2D eigenvalue weighted by atomic mass is 32.2. The van der Waals surface area contributed by atoms with Gasteiger partial charge in [0.15, 0.2) is 16.6 Å². The van der Waals surface area contributed by atoms with Gasteiger partial charge in [-0.25, -0.2) is 9.67 Å². The molecule has 136 valence electrons. The third-order valence-corrected chi connectivity index (χ3v) is 5.08. The smallest absolute Gasteiger partial charge is 0.262 e. The van der Waals surface area contributed by atoms with Crippen molar-refractivity contribution in [3.05, 3.63) is 69.9 Å². The lowest BCUT2D eigenvalue weighted by molar-refractivity contribution is 0.102. The van der Waals surface area contributed by atoms with E-state index in [4.69, 9.17) is 0 Å². The van der Waals surface area contributed by atoms with Gasteiger partial charge in [0.05, 0.1) is 17.6 Å². The molecule has 0 amide bonds. The molecule has 0 atom stereocenters. The molecule has 7 nitrogen and oxygen atoms in total. The van der Waals surface area contributed by atoms with Crippen molar-refractivity contribution in [2.75, 3.05) is 5.75 Å². The maximum absolute atomic E-state index is 12.5. The number of carbonyl (C=O) groups excluding carboxylic acids is 1. The first-order valence-corrected chi connectivity index (χ1v) is 9.37. The summed E-state index contributed by atoms with van der Waals surface area (Å²) < 4.78 is 1.62. The van der Waals surface area contributed by atoms with Crippen molar-refractivity contribution >= 4 is 28.6 Å². The Kier molecular flexibility index (Phi) is 4.41. The van der Waals surface area contributed by atoms with E-state index in [0.29, 0.717) is 21.8 Å². The van der Waals surface area contributed by atoms with Crippen LogP contribution in [0.5, 0.6) is 0 Å². The number of Topliss-reactive ketones (excluding diaryl/α,β-unsaturated/α-hetero) is 1. The molecule has 0 radical (unpaired) electrons. The lowest BCUT2D eigenvalue weighted by atomic mass is 10.2. The van der Waals surface area contributed by atoms with E-state index in [9.17, 15) is 9.59 Å². The number of aromatic amines is 2. The van der Waals surface area contributed by atoms with Crippen LogP contribution >= 0.6 is 11.8 Å². The number of rotatable bonds is 5. The Hall–Kier alpha value is -3.13. The van der Waals surface area contributed by atoms with E-state index in [1.165, 1.54) is 18.0 Å². The molecule has 0 saturated carbocycles. The monoisotopic (exact) mass is 379 g/mol. The summed E-state index contributed by atoms with van der Waals surface area (Å²) in [6.45, 7) is 3.78. The van der Waals surface area contributed by atoms with Crippen LogP contribution in [0.4, 0.5) is 0 Å². The van der Waals surface area contributed by atoms with Crippen LogP contribution in [0.2, 0.25) is 0 Å². The number of para-hydroxylation sites is 1. The number of benzene rings is 1. The number of hydrogen-bond donors (Lipinski definition) is 2. The molecule has 8 heteroatoms. The first kappa shape index (κ1) is 17.3. The van der Waals surface area contributed by atoms with Gasteiger partial charge in [0, 0.05) is 17.0 Å². The lowest BCUT2D eigenvalue weighted by Gasteiger charge is -2.04. The number of ketones is 1. The predicted octanol–water partition coefficient (Wildman–Crippen LogP) is 3.03. The molecule has 0 fully saturated rings. The van der Waals surface area contributed by atoms with Crippen LogP contribution in [-0.4, -0.2) is 36.3 Å². The molecule has 0 aliphatic rings. The molecular weight excluding hydrogens is 362 g/mol. The Balaban J connectivity index is 1.64. The number of thioether (sulfide) groups is 1. The zero-order valence-electron chi connectivity index (χ0n) is 14.8. The van der Waals surface area contributed by atoms with Gasteiger partial charge in [0.1, 0.15) is 5.39 Å². The van der Waals surface area contributed by atoms with Crippen molar-refractivity contribution in [1.82, 2.24) is 24.7 Å². The van der Waals surface area contributed by atoms with E-state index >= 15 is 0 Å². The standard InChI is InChI=1S/C19H17N5O2S/c1-11-8-14(12(2)21-11)16(25)10-27-19-22-17-15(18(26)23-19)9-20-24(17)13-6-4-3-5-7-13/h3-9,21H,10H2,1-2H3,(H,22,23,26). The van der Waals surface area contributed by atoms with Gasteiger partial charge in [-0.3, -0.25) is 9.59 Å². The molecule has 3 aromatic heterocycles. The van der Waals surface area contributed by atoms with Crippen LogP contribution in [0, 0.1) is 13.8 Å². The van der Waals surface area contributed by atoms with Gasteiger partial charge < -0.3 is 9.97 Å². The van der Waals surface area contributed by atoms with E-state index in [0.717, 1.165) is 17.1 Å². The second-order valence-corrected chi connectivity index (χ2v) is 7.17. The third-order valence-electron chi connectivity index (χ3n) is 4.21. The van der Waals surface area contributed by atoms with E-state index in [2.05, 4.69) is 20.1 Å². The molecule has 2 N–H and O–H groups in total. The van der Waals surface area contributed by atoms with Gasteiger partial charge in [-0.2, -0.15) is 5.10 Å². The minimum Gasteiger partial charge on any atom is -0.362 e. The Morgan fingerprint density at radius 3 is 2.67 bits per heavy atom. The molecule has 1 aromatic carbocycles. The summed E-state index contributed by atoms with van der Waals surface area (Å²) in [7, 11) is 0. The van der Waals surface area contributed by atoms with Gasteiger partial charge in [-0.15, -0.1) is 0 Å². The van der Waals surface area contributed by atoms with Gasteiger partial charge in [-0.05, 0) is 32.0 Å². The van der Waals surface area contributed by atoms with E-state index < -0.39 is 0 Å². The zero-order chi connectivity index (χ0) is 19.0. The number of aryl methyl sites for hydroxylation is 2. The van der Waals surface area contributed by atoms with Crippen LogP contribution in [0.1, 0.15) is 21.7 Å². The number of carbonyl (C=O) groups is 1. The summed E-state index contributed by atoms with van der Waals surface area (Å²) in [4.78, 5) is 35.2. The van der Waals surface area contributed by atoms with Crippen LogP contribution in [-0.2, 0) is 0 Å². The quantitative estimate of drug-likeness (QED) is 0.316. The Morgan fingerprint density at radius 2 is 1.96 bits per heavy atom. The summed E-state index contributed by atoms with van der Waals surface area (Å²) in [6.07, 6.45) is 1.50. The summed E-state index contributed by atoms with van der Waals surface area (Å²) in [5, 5.41) is 5.08. The van der Waals surface area contributed by atoms with Crippen molar-refractivity contribution in [1.29, 1.82) is 0 Å². The normalized spacial score (nSPS) is 11.2.